The van der Waals surface area contributed by atoms with Crippen LogP contribution >= 0.6 is 12.4 Å². The summed E-state index contributed by atoms with van der Waals surface area (Å²) < 4.78 is 2.34. The third-order valence-electron chi connectivity index (χ3n) is 0.763. The van der Waals surface area contributed by atoms with Gasteiger partial charge in [-0.15, -0.1) is 12.4 Å². The average Bonchev–Trinajstić information content (AvgIpc) is 1.65. The fourth-order valence-corrected chi connectivity index (χ4v) is 0.224. The van der Waals surface area contributed by atoms with Crippen LogP contribution in [-0.4, -0.2) is 15.9 Å². The minimum atomic E-state index is 0. The zero-order chi connectivity index (χ0) is 4.99. The van der Waals surface area contributed by atoms with Crippen LogP contribution in [0.2, 0.25) is 0 Å². The van der Waals surface area contributed by atoms with Crippen molar-refractivity contribution in [2.24, 2.45) is 0 Å². The van der Waals surface area contributed by atoms with Gasteiger partial charge in [0.25, 0.3) is 0 Å². The predicted octanol–water partition coefficient (Wildman–Crippen LogP) is 1.21. The summed E-state index contributed by atoms with van der Waals surface area (Å²) in [4.78, 5) is 0. The van der Waals surface area contributed by atoms with Crippen molar-refractivity contribution in [1.82, 2.24) is 2.84 Å². The van der Waals surface area contributed by atoms with Gasteiger partial charge in [-0.2, -0.15) is 0 Å². The van der Waals surface area contributed by atoms with E-state index in [0.717, 1.165) is 0 Å². The first kappa shape index (κ1) is 11.0. The molecule has 0 amide bonds. The summed E-state index contributed by atoms with van der Waals surface area (Å²) in [6, 6.07) is 0. The molecule has 0 aliphatic rings. The molecular formula is C4H11ClNZr. The molecule has 0 aromatic carbocycles. The van der Waals surface area contributed by atoms with Crippen LogP contribution in [0.15, 0.2) is 0 Å². The Morgan fingerprint density at radius 1 is 1.29 bits per heavy atom. The maximum absolute atomic E-state index is 2.34. The molecule has 0 radical (unpaired) electrons. The monoisotopic (exact) mass is 198 g/mol. The fourth-order valence-electron chi connectivity index (χ4n) is 0.224. The molecule has 0 aromatic heterocycles. The molecular weight excluding hydrogens is 189 g/mol. The van der Waals surface area contributed by atoms with E-state index in [1.165, 1.54) is 38.1 Å². The largest absolute Gasteiger partial charge is 0.147 e. The van der Waals surface area contributed by atoms with Crippen LogP contribution in [-0.2, 0) is 25.0 Å². The standard InChI is InChI=1S/C4H10N.ClH.Zr/c1-3-5-4-2;;/h3-4H2,1-2H3;1H;/q-1;;+1. The van der Waals surface area contributed by atoms with E-state index in [1.54, 1.807) is 0 Å². The van der Waals surface area contributed by atoms with Crippen molar-refractivity contribution in [2.45, 2.75) is 13.8 Å². The number of hydrogen-bond donors (Lipinski definition) is 0. The van der Waals surface area contributed by atoms with Gasteiger partial charge in [0.2, 0.25) is 0 Å². The van der Waals surface area contributed by atoms with E-state index in [9.17, 15) is 0 Å². The van der Waals surface area contributed by atoms with Gasteiger partial charge in [0.1, 0.15) is 0 Å². The maximum atomic E-state index is 2.34. The quantitative estimate of drug-likeness (QED) is 0.647. The maximum Gasteiger partial charge on any atom is -0.147 e. The Bertz CT molecular complexity index is 30.9. The first-order valence-electron chi connectivity index (χ1n) is 2.27. The first-order valence-corrected chi connectivity index (χ1v) is 3.37. The molecule has 3 heteroatoms. The van der Waals surface area contributed by atoms with Gasteiger partial charge in [-0.05, 0) is 0 Å². The van der Waals surface area contributed by atoms with E-state index in [2.05, 4.69) is 16.7 Å². The Morgan fingerprint density at radius 3 is 1.57 bits per heavy atom. The summed E-state index contributed by atoms with van der Waals surface area (Å²) in [5.74, 6) is 0. The van der Waals surface area contributed by atoms with Crippen molar-refractivity contribution in [3.8, 4) is 0 Å². The van der Waals surface area contributed by atoms with Crippen molar-refractivity contribution < 1.29 is 25.0 Å². The second-order valence-electron chi connectivity index (χ2n) is 1.17. The second-order valence-corrected chi connectivity index (χ2v) is 2.73. The van der Waals surface area contributed by atoms with Crippen LogP contribution in [0.4, 0.5) is 0 Å². The predicted molar refractivity (Wildman–Crippen MR) is 30.2 cm³/mol. The van der Waals surface area contributed by atoms with Crippen molar-refractivity contribution in [1.29, 1.82) is 0 Å². The molecule has 0 N–H and O–H groups in total. The molecule has 0 spiro atoms. The number of nitrogens with zero attached hydrogens (tertiary/aromatic N) is 1. The smallest absolute Gasteiger partial charge is 0.147 e. The molecule has 0 bridgehead atoms. The summed E-state index contributed by atoms with van der Waals surface area (Å²) in [6.45, 7) is 6.76. The number of hydrogen-bond acceptors (Lipinski definition) is 1. The summed E-state index contributed by atoms with van der Waals surface area (Å²) in [5.41, 5.74) is 0. The van der Waals surface area contributed by atoms with E-state index in [4.69, 9.17) is 0 Å². The van der Waals surface area contributed by atoms with E-state index in [-0.39, 0.29) is 12.4 Å². The minimum Gasteiger partial charge on any atom is -0.147 e. The second kappa shape index (κ2) is 7.13. The van der Waals surface area contributed by atoms with Gasteiger partial charge in [0.05, 0.1) is 0 Å². The molecule has 1 nitrogen and oxygen atoms in total. The zero-order valence-electron chi connectivity index (χ0n) is 4.77. The molecule has 43 valence electrons. The van der Waals surface area contributed by atoms with Crippen LogP contribution in [0.1, 0.15) is 13.8 Å². The van der Waals surface area contributed by atoms with Gasteiger partial charge >= 0.3 is 54.8 Å². The molecule has 0 atom stereocenters. The molecule has 0 aliphatic carbocycles. The van der Waals surface area contributed by atoms with E-state index < -0.39 is 0 Å². The van der Waals surface area contributed by atoms with Crippen LogP contribution in [0.3, 0.4) is 0 Å². The van der Waals surface area contributed by atoms with Crippen LogP contribution in [0, 0.1) is 0 Å². The van der Waals surface area contributed by atoms with E-state index in [0.29, 0.717) is 0 Å². The van der Waals surface area contributed by atoms with Crippen LogP contribution < -0.4 is 0 Å². The van der Waals surface area contributed by atoms with Crippen molar-refractivity contribution >= 4 is 12.4 Å². The van der Waals surface area contributed by atoms with Gasteiger partial charge in [-0.3, -0.25) is 0 Å². The first-order chi connectivity index (χ1) is 2.81. The topological polar surface area (TPSA) is 3.24 Å². The Labute approximate surface area is 67.1 Å². The Morgan fingerprint density at radius 2 is 1.57 bits per heavy atom. The van der Waals surface area contributed by atoms with Crippen LogP contribution in [0.5, 0.6) is 0 Å². The zero-order valence-corrected chi connectivity index (χ0v) is 8.04. The number of halogens is 1. The van der Waals surface area contributed by atoms with Crippen molar-refractivity contribution in [2.75, 3.05) is 13.1 Å². The molecule has 0 heterocycles. The molecule has 0 rings (SSSR count). The van der Waals surface area contributed by atoms with Gasteiger partial charge < -0.3 is 0 Å². The van der Waals surface area contributed by atoms with Crippen molar-refractivity contribution in [3.63, 3.8) is 0 Å². The summed E-state index contributed by atoms with van der Waals surface area (Å²) in [6.07, 6.45) is 0. The van der Waals surface area contributed by atoms with Crippen LogP contribution in [0.25, 0.3) is 0 Å². The molecule has 0 saturated heterocycles. The van der Waals surface area contributed by atoms with E-state index in [1.807, 2.05) is 0 Å². The summed E-state index contributed by atoms with van der Waals surface area (Å²) >= 11 is 1.54. The summed E-state index contributed by atoms with van der Waals surface area (Å²) in [5, 5.41) is 0. The minimum absolute atomic E-state index is 0. The Hall–Kier alpha value is 1.13. The van der Waals surface area contributed by atoms with Gasteiger partial charge in [-0.25, -0.2) is 0 Å². The third kappa shape index (κ3) is 7.13. The van der Waals surface area contributed by atoms with Gasteiger partial charge in [0.15, 0.2) is 0 Å². The van der Waals surface area contributed by atoms with Gasteiger partial charge in [-0.1, -0.05) is 0 Å². The molecule has 0 saturated carbocycles. The SMILES string of the molecule is CC[N]([Zr])CC.Cl. The molecule has 0 aromatic rings. The molecule has 7 heavy (non-hydrogen) atoms. The van der Waals surface area contributed by atoms with Gasteiger partial charge in [0, 0.05) is 0 Å². The fraction of sp³-hybridized carbons (Fsp3) is 1.00. The number of rotatable bonds is 2. The molecule has 0 fully saturated rings. The summed E-state index contributed by atoms with van der Waals surface area (Å²) in [7, 11) is 0. The Kier molecular flexibility index (Phi) is 11.2. The molecule has 0 unspecified atom stereocenters. The average molecular weight is 200 g/mol. The van der Waals surface area contributed by atoms with Crippen molar-refractivity contribution in [3.05, 3.63) is 0 Å². The normalized spacial score (nSPS) is 8.29. The van der Waals surface area contributed by atoms with E-state index >= 15 is 0 Å². The third-order valence-corrected chi connectivity index (χ3v) is 2.32. The molecule has 0 aliphatic heterocycles. The Balaban J connectivity index is 0.